The van der Waals surface area contributed by atoms with Crippen molar-refractivity contribution in [1.29, 1.82) is 0 Å². The van der Waals surface area contributed by atoms with Crippen molar-refractivity contribution in [3.63, 3.8) is 0 Å². The Balaban J connectivity index is 3.05. The minimum atomic E-state index is -0.0376. The fourth-order valence-electron chi connectivity index (χ4n) is 0.450. The summed E-state index contributed by atoms with van der Waals surface area (Å²) >= 11 is 1.11. The van der Waals surface area contributed by atoms with Crippen LogP contribution in [0.25, 0.3) is 0 Å². The smallest absolute Gasteiger partial charge is 0.0872 e. The SMILES string of the molecule is [2H]c1nsnc1C(C)(C)C. The standard InChI is InChI=1S/C6H10N2S/c1-6(2,3)5-4-7-9-8-5/h4H,1-3H3/i4D. The van der Waals surface area contributed by atoms with Gasteiger partial charge >= 0.3 is 0 Å². The van der Waals surface area contributed by atoms with Gasteiger partial charge in [-0.25, -0.2) is 0 Å². The predicted octanol–water partition coefficient (Wildman–Crippen LogP) is 1.84. The van der Waals surface area contributed by atoms with Gasteiger partial charge in [-0.1, -0.05) is 20.8 Å². The van der Waals surface area contributed by atoms with Crippen LogP contribution in [0, 0.1) is 0 Å². The lowest BCUT2D eigenvalue weighted by molar-refractivity contribution is 0.575. The van der Waals surface area contributed by atoms with E-state index in [1.54, 1.807) is 0 Å². The van der Waals surface area contributed by atoms with Crippen molar-refractivity contribution in [3.05, 3.63) is 11.9 Å². The predicted molar refractivity (Wildman–Crippen MR) is 38.6 cm³/mol. The van der Waals surface area contributed by atoms with E-state index in [0.29, 0.717) is 6.17 Å². The first-order valence-corrected chi connectivity index (χ1v) is 3.54. The second-order valence-corrected chi connectivity index (χ2v) is 3.50. The molecule has 2 nitrogen and oxygen atoms in total. The highest BCUT2D eigenvalue weighted by Crippen LogP contribution is 2.18. The van der Waals surface area contributed by atoms with Crippen molar-refractivity contribution in [2.45, 2.75) is 26.2 Å². The van der Waals surface area contributed by atoms with Crippen LogP contribution >= 0.6 is 11.7 Å². The Labute approximate surface area is 60.7 Å². The van der Waals surface area contributed by atoms with Gasteiger partial charge in [-0.05, 0) is 0 Å². The third-order valence-electron chi connectivity index (χ3n) is 1.03. The molecule has 0 radical (unpaired) electrons. The van der Waals surface area contributed by atoms with Crippen LogP contribution in [0.15, 0.2) is 6.17 Å². The molecular weight excluding hydrogens is 132 g/mol. The molecule has 0 spiro atoms. The van der Waals surface area contributed by atoms with Crippen molar-refractivity contribution in [2.75, 3.05) is 0 Å². The Bertz CT molecular complexity index is 226. The largest absolute Gasteiger partial charge is 0.181 e. The van der Waals surface area contributed by atoms with Crippen LogP contribution in [0.5, 0.6) is 0 Å². The van der Waals surface area contributed by atoms with Gasteiger partial charge in [0.25, 0.3) is 0 Å². The van der Waals surface area contributed by atoms with Gasteiger partial charge in [-0.3, -0.25) is 0 Å². The molecule has 0 amide bonds. The molecule has 0 saturated heterocycles. The molecule has 3 heteroatoms. The number of hydrogen-bond donors (Lipinski definition) is 0. The zero-order valence-corrected chi connectivity index (χ0v) is 6.62. The summed E-state index contributed by atoms with van der Waals surface area (Å²) in [6.45, 7) is 6.09. The molecule has 0 aromatic carbocycles. The van der Waals surface area contributed by atoms with Gasteiger partial charge in [-0.15, -0.1) is 0 Å². The van der Waals surface area contributed by atoms with E-state index >= 15 is 0 Å². The third kappa shape index (κ3) is 1.48. The first kappa shape index (κ1) is 5.35. The number of aromatic nitrogens is 2. The van der Waals surface area contributed by atoms with Gasteiger partial charge in [-0.2, -0.15) is 8.75 Å². The summed E-state index contributed by atoms with van der Waals surface area (Å²) < 4.78 is 15.2. The van der Waals surface area contributed by atoms with E-state index in [2.05, 4.69) is 8.75 Å². The van der Waals surface area contributed by atoms with E-state index in [1.807, 2.05) is 20.8 Å². The molecule has 0 bridgehead atoms. The Kier molecular flexibility index (Phi) is 1.23. The molecule has 0 aliphatic heterocycles. The zero-order chi connectivity index (χ0) is 7.78. The molecule has 1 aromatic heterocycles. The summed E-state index contributed by atoms with van der Waals surface area (Å²) in [7, 11) is 0. The molecule has 0 aliphatic rings. The normalized spacial score (nSPS) is 13.4. The fourth-order valence-corrected chi connectivity index (χ4v) is 1.01. The number of nitrogens with zero attached hydrogens (tertiary/aromatic N) is 2. The Morgan fingerprint density at radius 1 is 1.67 bits per heavy atom. The summed E-state index contributed by atoms with van der Waals surface area (Å²) in [4.78, 5) is 0. The lowest BCUT2D eigenvalue weighted by atomic mass is 9.93. The second kappa shape index (κ2) is 2.06. The molecule has 0 saturated carbocycles. The van der Waals surface area contributed by atoms with E-state index in [4.69, 9.17) is 1.37 Å². The maximum atomic E-state index is 7.34. The van der Waals surface area contributed by atoms with Gasteiger partial charge in [0, 0.05) is 5.41 Å². The van der Waals surface area contributed by atoms with E-state index < -0.39 is 0 Å². The summed E-state index contributed by atoms with van der Waals surface area (Å²) in [5.41, 5.74) is 0.752. The molecular formula is C6H10N2S. The maximum Gasteiger partial charge on any atom is 0.0872 e. The molecule has 1 heterocycles. The summed E-state index contributed by atoms with van der Waals surface area (Å²) in [5, 5.41) is 0. The van der Waals surface area contributed by atoms with Crippen LogP contribution < -0.4 is 0 Å². The Morgan fingerprint density at radius 2 is 2.33 bits per heavy atom. The van der Waals surface area contributed by atoms with Crippen molar-refractivity contribution in [2.24, 2.45) is 0 Å². The average Bonchev–Trinajstić information content (AvgIpc) is 2.11. The number of rotatable bonds is 0. The molecule has 9 heavy (non-hydrogen) atoms. The molecule has 0 N–H and O–H groups in total. The lowest BCUT2D eigenvalue weighted by Gasteiger charge is -2.12. The molecule has 1 rings (SSSR count). The summed E-state index contributed by atoms with van der Waals surface area (Å²) in [5.74, 6) is 0. The minimum absolute atomic E-state index is 0.0376. The van der Waals surface area contributed by atoms with Gasteiger partial charge in [0.05, 0.1) is 25.0 Å². The monoisotopic (exact) mass is 143 g/mol. The maximum absolute atomic E-state index is 7.34. The Hall–Kier alpha value is -0.440. The second-order valence-electron chi connectivity index (χ2n) is 2.97. The summed E-state index contributed by atoms with van der Waals surface area (Å²) in [6, 6.07) is 0. The lowest BCUT2D eigenvalue weighted by Crippen LogP contribution is -2.10. The van der Waals surface area contributed by atoms with Crippen LogP contribution in [0.3, 0.4) is 0 Å². The topological polar surface area (TPSA) is 25.8 Å². The molecule has 1 aromatic rings. The zero-order valence-electron chi connectivity index (χ0n) is 6.80. The van der Waals surface area contributed by atoms with Crippen molar-refractivity contribution < 1.29 is 1.37 Å². The van der Waals surface area contributed by atoms with Crippen molar-refractivity contribution in [3.8, 4) is 0 Å². The quantitative estimate of drug-likeness (QED) is 0.553. The highest BCUT2D eigenvalue weighted by molar-refractivity contribution is 6.99. The molecule has 50 valence electrons. The molecule has 0 aliphatic carbocycles. The molecule has 0 atom stereocenters. The van der Waals surface area contributed by atoms with Crippen LogP contribution in [0.1, 0.15) is 27.8 Å². The van der Waals surface area contributed by atoms with Gasteiger partial charge in [0.1, 0.15) is 0 Å². The van der Waals surface area contributed by atoms with Gasteiger partial charge < -0.3 is 0 Å². The van der Waals surface area contributed by atoms with Gasteiger partial charge in [0.15, 0.2) is 0 Å². The molecule has 0 unspecified atom stereocenters. The minimum Gasteiger partial charge on any atom is -0.181 e. The van der Waals surface area contributed by atoms with Crippen LogP contribution in [-0.4, -0.2) is 8.75 Å². The van der Waals surface area contributed by atoms with E-state index in [9.17, 15) is 0 Å². The average molecular weight is 143 g/mol. The van der Waals surface area contributed by atoms with E-state index in [0.717, 1.165) is 17.4 Å². The highest BCUT2D eigenvalue weighted by Gasteiger charge is 2.15. The first-order valence-electron chi connectivity index (χ1n) is 3.31. The summed E-state index contributed by atoms with van der Waals surface area (Å²) in [6.07, 6.45) is 0.317. The van der Waals surface area contributed by atoms with Crippen molar-refractivity contribution in [1.82, 2.24) is 8.75 Å². The van der Waals surface area contributed by atoms with E-state index in [-0.39, 0.29) is 5.41 Å². The van der Waals surface area contributed by atoms with Crippen LogP contribution in [-0.2, 0) is 5.41 Å². The third-order valence-corrected chi connectivity index (χ3v) is 1.47. The highest BCUT2D eigenvalue weighted by atomic mass is 32.1. The van der Waals surface area contributed by atoms with Gasteiger partial charge in [0.2, 0.25) is 0 Å². The van der Waals surface area contributed by atoms with Crippen LogP contribution in [0.2, 0.25) is 0 Å². The first-order chi connectivity index (χ1) is 4.52. The molecule has 0 fully saturated rings. The Morgan fingerprint density at radius 3 is 2.56 bits per heavy atom. The van der Waals surface area contributed by atoms with Crippen molar-refractivity contribution >= 4 is 11.7 Å². The van der Waals surface area contributed by atoms with Crippen LogP contribution in [0.4, 0.5) is 0 Å². The fraction of sp³-hybridized carbons (Fsp3) is 0.667. The van der Waals surface area contributed by atoms with E-state index in [1.165, 1.54) is 0 Å². The number of hydrogen-bond acceptors (Lipinski definition) is 3.